The van der Waals surface area contributed by atoms with E-state index in [0.29, 0.717) is 65.1 Å². The van der Waals surface area contributed by atoms with Gasteiger partial charge in [-0.3, -0.25) is 4.79 Å². The minimum Gasteiger partial charge on any atom is -0.497 e. The molecule has 3 aliphatic rings. The van der Waals surface area contributed by atoms with Gasteiger partial charge in [0.05, 0.1) is 58.3 Å². The van der Waals surface area contributed by atoms with Crippen LogP contribution in [0.4, 0.5) is 0 Å². The molecule has 3 aliphatic heterocycles. The van der Waals surface area contributed by atoms with Crippen LogP contribution >= 0.6 is 11.8 Å². The second-order valence-corrected chi connectivity index (χ2v) is 14.0. The summed E-state index contributed by atoms with van der Waals surface area (Å²) in [5, 5.41) is 0. The van der Waals surface area contributed by atoms with Gasteiger partial charge in [0.15, 0.2) is 16.6 Å². The fraction of sp³-hybridized carbons (Fsp3) is 0.262. The van der Waals surface area contributed by atoms with E-state index < -0.39 is 22.7 Å². The molecule has 1 spiro atoms. The van der Waals surface area contributed by atoms with E-state index in [1.165, 1.54) is 11.8 Å². The standard InChI is InChI=1S/C42H38O9S/c1-44-28-18-14-26(15-19-28)35-25-41(48-22-23-49-41)36-33(46-3)24-34(47-4)37(38(36)50-35)42(52-30-10-6-5-7-11-30)39(43)31-12-8-9-13-32(31)51-40(42)27-16-20-29(45-2)21-17-27/h5-21,24,35,40H,22-23,25H2,1-4H3. The first-order chi connectivity index (χ1) is 25.4. The highest BCUT2D eigenvalue weighted by Crippen LogP contribution is 2.65. The molecule has 0 bridgehead atoms. The zero-order valence-corrected chi connectivity index (χ0v) is 30.1. The van der Waals surface area contributed by atoms with Crippen molar-refractivity contribution in [1.82, 2.24) is 0 Å². The molecule has 1 fully saturated rings. The van der Waals surface area contributed by atoms with Gasteiger partial charge in [-0.25, -0.2) is 0 Å². The zero-order chi connectivity index (χ0) is 35.9. The van der Waals surface area contributed by atoms with E-state index in [-0.39, 0.29) is 5.78 Å². The van der Waals surface area contributed by atoms with Gasteiger partial charge in [0.1, 0.15) is 40.6 Å². The number of para-hydroxylation sites is 1. The predicted molar refractivity (Wildman–Crippen MR) is 195 cm³/mol. The number of hydrogen-bond donors (Lipinski definition) is 0. The van der Waals surface area contributed by atoms with E-state index in [2.05, 4.69) is 0 Å². The fourth-order valence-corrected chi connectivity index (χ4v) is 8.91. The largest absolute Gasteiger partial charge is 0.497 e. The van der Waals surface area contributed by atoms with Gasteiger partial charge in [-0.2, -0.15) is 0 Å². The van der Waals surface area contributed by atoms with Gasteiger partial charge in [-0.15, -0.1) is 11.8 Å². The average Bonchev–Trinajstić information content (AvgIpc) is 3.66. The molecular formula is C42H38O9S. The third-order valence-corrected chi connectivity index (χ3v) is 11.3. The summed E-state index contributed by atoms with van der Waals surface area (Å²) >= 11 is 1.39. The van der Waals surface area contributed by atoms with Gasteiger partial charge in [-0.05, 0) is 59.7 Å². The third kappa shape index (κ3) is 5.53. The maximum Gasteiger partial charge on any atom is 0.206 e. The van der Waals surface area contributed by atoms with Crippen molar-refractivity contribution in [3.63, 3.8) is 0 Å². The van der Waals surface area contributed by atoms with E-state index >= 15 is 4.79 Å². The normalized spacial score (nSPS) is 21.3. The molecule has 0 aliphatic carbocycles. The third-order valence-electron chi connectivity index (χ3n) is 9.88. The van der Waals surface area contributed by atoms with E-state index in [1.54, 1.807) is 40.6 Å². The molecule has 0 amide bonds. The van der Waals surface area contributed by atoms with Crippen LogP contribution in [0.1, 0.15) is 51.2 Å². The van der Waals surface area contributed by atoms with Crippen LogP contribution in [-0.4, -0.2) is 47.4 Å². The highest BCUT2D eigenvalue weighted by Gasteiger charge is 2.60. The number of methoxy groups -OCH3 is 4. The van der Waals surface area contributed by atoms with Crippen LogP contribution in [0.2, 0.25) is 0 Å². The number of Topliss-reactive ketones (excluding diaryl/α,β-unsaturated/α-hetero) is 1. The smallest absolute Gasteiger partial charge is 0.206 e. The number of hydrogen-bond acceptors (Lipinski definition) is 10. The molecule has 9 nitrogen and oxygen atoms in total. The van der Waals surface area contributed by atoms with Gasteiger partial charge >= 0.3 is 0 Å². The van der Waals surface area contributed by atoms with Crippen molar-refractivity contribution in [2.45, 2.75) is 34.1 Å². The average molecular weight is 719 g/mol. The van der Waals surface area contributed by atoms with Gasteiger partial charge in [0, 0.05) is 17.4 Å². The Kier molecular flexibility index (Phi) is 8.99. The monoisotopic (exact) mass is 718 g/mol. The van der Waals surface area contributed by atoms with Crippen LogP contribution in [0.3, 0.4) is 0 Å². The lowest BCUT2D eigenvalue weighted by atomic mass is 9.77. The lowest BCUT2D eigenvalue weighted by Crippen LogP contribution is -2.46. The molecule has 1 saturated heterocycles. The Morgan fingerprint density at radius 2 is 1.25 bits per heavy atom. The molecule has 3 atom stereocenters. The Labute approximate surface area is 306 Å². The quantitative estimate of drug-likeness (QED) is 0.148. The Morgan fingerprint density at radius 1 is 0.654 bits per heavy atom. The molecule has 0 N–H and O–H groups in total. The summed E-state index contributed by atoms with van der Waals surface area (Å²) in [7, 11) is 6.42. The molecule has 266 valence electrons. The van der Waals surface area contributed by atoms with Gasteiger partial charge in [-0.1, -0.05) is 54.6 Å². The second-order valence-electron chi connectivity index (χ2n) is 12.6. The van der Waals surface area contributed by atoms with E-state index in [9.17, 15) is 0 Å². The first kappa shape index (κ1) is 34.0. The van der Waals surface area contributed by atoms with Crippen molar-refractivity contribution in [3.05, 3.63) is 137 Å². The van der Waals surface area contributed by atoms with Crippen LogP contribution in [0.15, 0.2) is 114 Å². The number of carbonyl (C=O) groups excluding carboxylic acids is 1. The van der Waals surface area contributed by atoms with Crippen LogP contribution in [-0.2, 0) is 20.0 Å². The molecule has 5 aromatic carbocycles. The van der Waals surface area contributed by atoms with Crippen LogP contribution in [0, 0.1) is 0 Å². The number of ether oxygens (including phenoxy) is 8. The van der Waals surface area contributed by atoms with Crippen molar-refractivity contribution < 1.29 is 42.7 Å². The summed E-state index contributed by atoms with van der Waals surface area (Å²) in [6, 6.07) is 34.3. The summed E-state index contributed by atoms with van der Waals surface area (Å²) in [5.74, 6) is 1.68. The van der Waals surface area contributed by atoms with Crippen molar-refractivity contribution in [3.8, 4) is 34.5 Å². The highest BCUT2D eigenvalue weighted by molar-refractivity contribution is 8.01. The lowest BCUT2D eigenvalue weighted by molar-refractivity contribution is -0.196. The van der Waals surface area contributed by atoms with E-state index in [4.69, 9.17) is 37.9 Å². The Hall–Kier alpha value is -5.16. The van der Waals surface area contributed by atoms with Crippen LogP contribution in [0.25, 0.3) is 0 Å². The Morgan fingerprint density at radius 3 is 1.88 bits per heavy atom. The Balaban J connectivity index is 1.47. The summed E-state index contributed by atoms with van der Waals surface area (Å²) in [4.78, 5) is 16.6. The predicted octanol–water partition coefficient (Wildman–Crippen LogP) is 8.45. The fourth-order valence-electron chi connectivity index (χ4n) is 7.45. The molecule has 52 heavy (non-hydrogen) atoms. The molecule has 3 heterocycles. The Bertz CT molecular complexity index is 2080. The molecule has 5 aromatic rings. The number of fused-ring (bicyclic) bond motifs is 3. The van der Waals surface area contributed by atoms with Crippen molar-refractivity contribution >= 4 is 17.5 Å². The van der Waals surface area contributed by atoms with Crippen LogP contribution < -0.4 is 28.4 Å². The maximum absolute atomic E-state index is 15.7. The maximum atomic E-state index is 15.7. The molecule has 10 heteroatoms. The minimum absolute atomic E-state index is 0.174. The number of ketones is 1. The minimum atomic E-state index is -1.52. The zero-order valence-electron chi connectivity index (χ0n) is 29.3. The summed E-state index contributed by atoms with van der Waals surface area (Å²) in [6.45, 7) is 0.736. The molecule has 0 saturated carbocycles. The van der Waals surface area contributed by atoms with Gasteiger partial charge in [0.2, 0.25) is 5.79 Å². The van der Waals surface area contributed by atoms with Crippen molar-refractivity contribution in [1.29, 1.82) is 0 Å². The molecule has 0 radical (unpaired) electrons. The van der Waals surface area contributed by atoms with Crippen molar-refractivity contribution in [2.24, 2.45) is 0 Å². The lowest BCUT2D eigenvalue weighted by Gasteiger charge is -2.46. The van der Waals surface area contributed by atoms with Crippen LogP contribution in [0.5, 0.6) is 34.5 Å². The summed E-state index contributed by atoms with van der Waals surface area (Å²) < 4.78 is 49.0. The highest BCUT2D eigenvalue weighted by atomic mass is 32.2. The summed E-state index contributed by atoms with van der Waals surface area (Å²) in [6.07, 6.45) is -1.08. The van der Waals surface area contributed by atoms with E-state index in [0.717, 1.165) is 21.8 Å². The molecule has 0 aromatic heterocycles. The number of rotatable bonds is 9. The topological polar surface area (TPSA) is 90.9 Å². The molecule has 3 unspecified atom stereocenters. The summed E-state index contributed by atoms with van der Waals surface area (Å²) in [5.41, 5.74) is 3.11. The van der Waals surface area contributed by atoms with E-state index in [1.807, 2.05) is 97.1 Å². The number of benzene rings is 5. The number of thioether (sulfide) groups is 1. The number of carbonyl (C=O) groups is 1. The first-order valence-corrected chi connectivity index (χ1v) is 17.8. The van der Waals surface area contributed by atoms with Gasteiger partial charge < -0.3 is 37.9 Å². The molecule has 8 rings (SSSR count). The second kappa shape index (κ2) is 13.8. The molecular weight excluding hydrogens is 681 g/mol. The van der Waals surface area contributed by atoms with Gasteiger partial charge in [0.25, 0.3) is 0 Å². The SMILES string of the molecule is COc1ccc(C2CC3(OCCO3)c3c(OC)cc(OC)c(C4(Sc5ccccc5)C(=O)c5ccccc5OC4c4ccc(OC)cc4)c3O2)cc1. The first-order valence-electron chi connectivity index (χ1n) is 17.0. The van der Waals surface area contributed by atoms with Crippen molar-refractivity contribution in [2.75, 3.05) is 41.7 Å².